The third kappa shape index (κ3) is 4.61. The number of nitriles is 1. The molecule has 5 heteroatoms. The zero-order chi connectivity index (χ0) is 23.6. The van der Waals surface area contributed by atoms with Crippen LogP contribution >= 0.6 is 0 Å². The minimum absolute atomic E-state index is 0.0379. The van der Waals surface area contributed by atoms with Crippen LogP contribution in [0.5, 0.6) is 5.75 Å². The molecule has 0 bridgehead atoms. The molecule has 0 radical (unpaired) electrons. The number of fused-ring (bicyclic) bond motifs is 2. The summed E-state index contributed by atoms with van der Waals surface area (Å²) in [6.07, 6.45) is 3.75. The first-order valence-corrected chi connectivity index (χ1v) is 11.1. The van der Waals surface area contributed by atoms with Gasteiger partial charge in [-0.1, -0.05) is 51.1 Å². The van der Waals surface area contributed by atoms with Gasteiger partial charge in [-0.25, -0.2) is 9.78 Å². The summed E-state index contributed by atoms with van der Waals surface area (Å²) < 4.78 is 10.6. The Labute approximate surface area is 194 Å². The summed E-state index contributed by atoms with van der Waals surface area (Å²) in [6.45, 7) is 6.42. The molecule has 168 valence electrons. The predicted molar refractivity (Wildman–Crippen MR) is 130 cm³/mol. The number of para-hydroxylation sites is 1. The lowest BCUT2D eigenvalue weighted by molar-refractivity contribution is 0.0555. The van der Waals surface area contributed by atoms with Crippen LogP contribution in [0.3, 0.4) is 0 Å². The average molecular weight is 441 g/mol. The molecule has 0 fully saturated rings. The van der Waals surface area contributed by atoms with Gasteiger partial charge in [0.1, 0.15) is 11.8 Å². The van der Waals surface area contributed by atoms with Crippen molar-refractivity contribution >= 4 is 28.5 Å². The molecule has 1 atom stereocenters. The molecule has 3 aromatic rings. The van der Waals surface area contributed by atoms with E-state index < -0.39 is 5.97 Å². The summed E-state index contributed by atoms with van der Waals surface area (Å²) in [5.41, 5.74) is 5.21. The van der Waals surface area contributed by atoms with Gasteiger partial charge >= 0.3 is 5.97 Å². The predicted octanol–water partition coefficient (Wildman–Crippen LogP) is 6.07. The normalized spacial score (nSPS) is 16.8. The van der Waals surface area contributed by atoms with Crippen LogP contribution < -0.4 is 4.74 Å². The van der Waals surface area contributed by atoms with Gasteiger partial charge in [0.25, 0.3) is 0 Å². The van der Waals surface area contributed by atoms with E-state index in [1.807, 2.05) is 54.6 Å². The minimum atomic E-state index is -0.468. The van der Waals surface area contributed by atoms with Gasteiger partial charge in [-0.05, 0) is 65.1 Å². The zero-order valence-corrected chi connectivity index (χ0v) is 19.5. The number of methoxy groups -OCH3 is 1. The van der Waals surface area contributed by atoms with Crippen molar-refractivity contribution in [3.63, 3.8) is 0 Å². The van der Waals surface area contributed by atoms with E-state index in [0.717, 1.165) is 51.9 Å². The van der Waals surface area contributed by atoms with Crippen LogP contribution in [0.1, 0.15) is 54.4 Å². The summed E-state index contributed by atoms with van der Waals surface area (Å²) in [4.78, 5) is 18.1. The zero-order valence-electron chi connectivity index (χ0n) is 19.5. The number of nitrogens with zero attached hydrogens (tertiary/aromatic N) is 2. The highest BCUT2D eigenvalue weighted by Gasteiger charge is 2.35. The fourth-order valence-corrected chi connectivity index (χ4v) is 4.44. The highest BCUT2D eigenvalue weighted by Crippen LogP contribution is 2.44. The van der Waals surface area contributed by atoms with E-state index in [1.54, 1.807) is 7.11 Å². The first-order chi connectivity index (χ1) is 15.8. The topological polar surface area (TPSA) is 72.2 Å². The van der Waals surface area contributed by atoms with E-state index in [2.05, 4.69) is 26.8 Å². The summed E-state index contributed by atoms with van der Waals surface area (Å²) in [6, 6.07) is 17.5. The highest BCUT2D eigenvalue weighted by molar-refractivity contribution is 6.06. The lowest BCUT2D eigenvalue weighted by Crippen LogP contribution is -2.28. The fraction of sp³-hybridized carbons (Fsp3) is 0.321. The van der Waals surface area contributed by atoms with Gasteiger partial charge in [0.15, 0.2) is 6.61 Å². The number of aromatic nitrogens is 1. The first-order valence-electron chi connectivity index (χ1n) is 11.1. The van der Waals surface area contributed by atoms with Crippen molar-refractivity contribution in [2.24, 2.45) is 11.3 Å². The molecule has 1 aromatic heterocycles. The maximum Gasteiger partial charge on any atom is 0.340 e. The number of benzene rings is 2. The number of hydrogen-bond acceptors (Lipinski definition) is 5. The van der Waals surface area contributed by atoms with Crippen molar-refractivity contribution < 1.29 is 14.3 Å². The molecule has 1 unspecified atom stereocenters. The highest BCUT2D eigenvalue weighted by atomic mass is 16.5. The molecule has 1 aliphatic carbocycles. The number of rotatable bonds is 4. The fourth-order valence-electron chi connectivity index (χ4n) is 4.44. The van der Waals surface area contributed by atoms with Gasteiger partial charge in [0.2, 0.25) is 0 Å². The van der Waals surface area contributed by atoms with Crippen LogP contribution in [0.25, 0.3) is 22.6 Å². The van der Waals surface area contributed by atoms with E-state index in [9.17, 15) is 4.79 Å². The molecular formula is C28H28N2O3. The molecule has 1 heterocycles. The Morgan fingerprint density at radius 2 is 1.88 bits per heavy atom. The standard InChI is InChI=1S/C28H28N2O3/c1-28(2,3)20-16-19(15-18-9-11-21(32-4)12-10-18)26-23(17-20)25(27(31)33-14-13-29)22-7-5-6-8-24(22)30-26/h5-12,15,20H,14,16-17H2,1-4H3/b19-15+. The van der Waals surface area contributed by atoms with Gasteiger partial charge in [0, 0.05) is 5.39 Å². The SMILES string of the molecule is COc1ccc(/C=C2\CC(C(C)(C)C)Cc3c2nc2ccccc2c3C(=O)OCC#N)cc1. The summed E-state index contributed by atoms with van der Waals surface area (Å²) in [7, 11) is 1.65. The lowest BCUT2D eigenvalue weighted by Gasteiger charge is -2.36. The molecule has 0 saturated heterocycles. The first kappa shape index (κ1) is 22.5. The molecule has 0 N–H and O–H groups in total. The molecule has 0 spiro atoms. The Kier molecular flexibility index (Phi) is 6.20. The van der Waals surface area contributed by atoms with Crippen LogP contribution in [0.2, 0.25) is 0 Å². The van der Waals surface area contributed by atoms with Crippen LogP contribution in [0.15, 0.2) is 48.5 Å². The summed E-state index contributed by atoms with van der Waals surface area (Å²) in [5, 5.41) is 9.71. The molecule has 0 saturated carbocycles. The van der Waals surface area contributed by atoms with E-state index in [1.165, 1.54) is 0 Å². The molecule has 2 aromatic carbocycles. The van der Waals surface area contributed by atoms with Crippen LogP contribution in [0.4, 0.5) is 0 Å². The minimum Gasteiger partial charge on any atom is -0.497 e. The maximum atomic E-state index is 13.1. The van der Waals surface area contributed by atoms with Crippen LogP contribution in [-0.2, 0) is 11.2 Å². The van der Waals surface area contributed by atoms with Gasteiger partial charge in [0.05, 0.1) is 23.9 Å². The Morgan fingerprint density at radius 3 is 2.55 bits per heavy atom. The Balaban J connectivity index is 1.94. The Bertz CT molecular complexity index is 1260. The summed E-state index contributed by atoms with van der Waals surface area (Å²) in [5.74, 6) is 0.658. The quantitative estimate of drug-likeness (QED) is 0.460. The van der Waals surface area contributed by atoms with E-state index in [0.29, 0.717) is 11.5 Å². The smallest absolute Gasteiger partial charge is 0.340 e. The monoisotopic (exact) mass is 440 g/mol. The number of esters is 1. The van der Waals surface area contributed by atoms with Crippen LogP contribution in [-0.4, -0.2) is 24.7 Å². The van der Waals surface area contributed by atoms with E-state index in [4.69, 9.17) is 19.7 Å². The summed E-state index contributed by atoms with van der Waals surface area (Å²) >= 11 is 0. The molecule has 1 aliphatic rings. The molecule has 5 nitrogen and oxygen atoms in total. The second-order valence-electron chi connectivity index (χ2n) is 9.48. The van der Waals surface area contributed by atoms with Gasteiger partial charge in [-0.3, -0.25) is 0 Å². The third-order valence-corrected chi connectivity index (χ3v) is 6.37. The number of carbonyl (C=O) groups excluding carboxylic acids is 1. The van der Waals surface area contributed by atoms with Gasteiger partial charge in [-0.2, -0.15) is 5.26 Å². The Morgan fingerprint density at radius 1 is 1.15 bits per heavy atom. The van der Waals surface area contributed by atoms with Crippen molar-refractivity contribution in [2.45, 2.75) is 33.6 Å². The van der Waals surface area contributed by atoms with Crippen molar-refractivity contribution in [3.8, 4) is 11.8 Å². The van der Waals surface area contributed by atoms with Gasteiger partial charge in [-0.15, -0.1) is 0 Å². The molecule has 0 amide bonds. The molecule has 0 aliphatic heterocycles. The Hall–Kier alpha value is -3.65. The lowest BCUT2D eigenvalue weighted by atomic mass is 9.69. The number of ether oxygens (including phenoxy) is 2. The third-order valence-electron chi connectivity index (χ3n) is 6.37. The van der Waals surface area contributed by atoms with Crippen molar-refractivity contribution in [2.75, 3.05) is 13.7 Å². The average Bonchev–Trinajstić information content (AvgIpc) is 2.81. The van der Waals surface area contributed by atoms with Crippen molar-refractivity contribution in [1.82, 2.24) is 4.98 Å². The molecule has 33 heavy (non-hydrogen) atoms. The molecule has 4 rings (SSSR count). The number of allylic oxidation sites excluding steroid dienone is 1. The number of hydrogen-bond donors (Lipinski definition) is 0. The largest absolute Gasteiger partial charge is 0.497 e. The van der Waals surface area contributed by atoms with Crippen molar-refractivity contribution in [3.05, 3.63) is 70.9 Å². The van der Waals surface area contributed by atoms with Gasteiger partial charge < -0.3 is 9.47 Å². The number of pyridine rings is 1. The van der Waals surface area contributed by atoms with E-state index >= 15 is 0 Å². The van der Waals surface area contributed by atoms with E-state index in [-0.39, 0.29) is 12.0 Å². The second kappa shape index (κ2) is 9.07. The van der Waals surface area contributed by atoms with Crippen molar-refractivity contribution in [1.29, 1.82) is 5.26 Å². The second-order valence-corrected chi connectivity index (χ2v) is 9.48. The number of carbonyl (C=O) groups is 1. The molecular weight excluding hydrogens is 412 g/mol. The maximum absolute atomic E-state index is 13.1. The van der Waals surface area contributed by atoms with Crippen LogP contribution in [0, 0.1) is 22.7 Å².